The number of carbonyl (C=O) groups is 2. The second-order valence-electron chi connectivity index (χ2n) is 3.95. The van der Waals surface area contributed by atoms with E-state index in [-0.39, 0.29) is 33.3 Å². The molecule has 104 valence electrons. The van der Waals surface area contributed by atoms with Crippen molar-refractivity contribution in [2.45, 2.75) is 0 Å². The fraction of sp³-hybridized carbons (Fsp3) is 0. The van der Waals surface area contributed by atoms with Crippen molar-refractivity contribution in [1.29, 1.82) is 0 Å². The first-order valence-corrected chi connectivity index (χ1v) is 5.77. The number of aromatic nitrogens is 4. The molecule has 0 unspecified atom stereocenters. The van der Waals surface area contributed by atoms with Gasteiger partial charge in [-0.15, -0.1) is 10.2 Å². The summed E-state index contributed by atoms with van der Waals surface area (Å²) in [6.45, 7) is 0. The zero-order chi connectivity index (χ0) is 15.1. The largest absolute Gasteiger partial charge is 0.369 e. The molecule has 0 fully saturated rings. The van der Waals surface area contributed by atoms with Crippen molar-refractivity contribution in [3.8, 4) is 0 Å². The second kappa shape index (κ2) is 4.41. The molecule has 0 spiro atoms. The monoisotopic (exact) mass is 294 g/mol. The molecule has 4 rings (SSSR count). The van der Waals surface area contributed by atoms with Crippen LogP contribution in [0.3, 0.4) is 0 Å². The fourth-order valence-corrected chi connectivity index (χ4v) is 1.75. The van der Waals surface area contributed by atoms with Gasteiger partial charge in [0.15, 0.2) is 21.7 Å². The molecule has 0 bridgehead atoms. The number of hydrogen-bond donors (Lipinski definition) is 0. The molecule has 0 saturated carbocycles. The third kappa shape index (κ3) is 1.86. The first kappa shape index (κ1) is 12.1. The Labute approximate surface area is 118 Å². The number of fused-ring (bicyclic) bond motifs is 2. The van der Waals surface area contributed by atoms with Gasteiger partial charge in [0.05, 0.1) is 0 Å². The SMILES string of the molecule is O=C1N=c2ncnc(N=Nc3ncnc4c3=NC(=O)N=4)c2=N1. The first-order chi connectivity index (χ1) is 10.7. The number of urea groups is 2. The van der Waals surface area contributed by atoms with E-state index in [1.807, 2.05) is 0 Å². The van der Waals surface area contributed by atoms with Gasteiger partial charge < -0.3 is 0 Å². The molecule has 0 atom stereocenters. The molecular formula is C10H2N10O2. The van der Waals surface area contributed by atoms with E-state index in [9.17, 15) is 9.59 Å². The summed E-state index contributed by atoms with van der Waals surface area (Å²) in [5, 5.41) is 7.95. The molecule has 12 nitrogen and oxygen atoms in total. The van der Waals surface area contributed by atoms with E-state index in [2.05, 4.69) is 50.1 Å². The Kier molecular flexibility index (Phi) is 2.42. The highest BCUT2D eigenvalue weighted by molar-refractivity contribution is 5.78. The van der Waals surface area contributed by atoms with Crippen molar-refractivity contribution in [3.63, 3.8) is 0 Å². The smallest absolute Gasteiger partial charge is 0.244 e. The van der Waals surface area contributed by atoms with Crippen molar-refractivity contribution in [3.05, 3.63) is 34.3 Å². The lowest BCUT2D eigenvalue weighted by Gasteiger charge is -1.90. The van der Waals surface area contributed by atoms with Crippen molar-refractivity contribution >= 4 is 23.7 Å². The van der Waals surface area contributed by atoms with E-state index in [0.717, 1.165) is 0 Å². The quantitative estimate of drug-likeness (QED) is 0.608. The van der Waals surface area contributed by atoms with E-state index in [0.29, 0.717) is 0 Å². The van der Waals surface area contributed by atoms with Gasteiger partial charge in [-0.3, -0.25) is 0 Å². The molecule has 0 aliphatic carbocycles. The van der Waals surface area contributed by atoms with Crippen LogP contribution in [0.15, 0.2) is 42.9 Å². The highest BCUT2D eigenvalue weighted by Crippen LogP contribution is 2.05. The Balaban J connectivity index is 1.85. The van der Waals surface area contributed by atoms with Crippen LogP contribution in [0.2, 0.25) is 0 Å². The van der Waals surface area contributed by atoms with Gasteiger partial charge in [0.1, 0.15) is 12.7 Å². The van der Waals surface area contributed by atoms with E-state index < -0.39 is 12.1 Å². The molecule has 2 aliphatic heterocycles. The maximum Gasteiger partial charge on any atom is 0.369 e. The number of nitrogens with zero attached hydrogens (tertiary/aromatic N) is 10. The van der Waals surface area contributed by atoms with Crippen LogP contribution in [0.4, 0.5) is 21.2 Å². The molecule has 0 radical (unpaired) electrons. The van der Waals surface area contributed by atoms with Crippen molar-refractivity contribution in [2.75, 3.05) is 0 Å². The lowest BCUT2D eigenvalue weighted by atomic mass is 10.5. The van der Waals surface area contributed by atoms with Crippen LogP contribution in [0.1, 0.15) is 0 Å². The minimum atomic E-state index is -0.686. The van der Waals surface area contributed by atoms with Crippen LogP contribution < -0.4 is 21.7 Å². The molecule has 4 heterocycles. The minimum Gasteiger partial charge on any atom is -0.244 e. The van der Waals surface area contributed by atoms with Gasteiger partial charge in [-0.2, -0.15) is 20.0 Å². The number of rotatable bonds is 2. The van der Waals surface area contributed by atoms with Gasteiger partial charge in [-0.25, -0.2) is 29.5 Å². The number of amides is 4. The van der Waals surface area contributed by atoms with E-state index >= 15 is 0 Å². The predicted octanol–water partition coefficient (Wildman–Crippen LogP) is -1.57. The molecule has 12 heteroatoms. The van der Waals surface area contributed by atoms with Gasteiger partial charge in [-0.1, -0.05) is 0 Å². The van der Waals surface area contributed by atoms with Gasteiger partial charge in [0.25, 0.3) is 0 Å². The van der Waals surface area contributed by atoms with Crippen LogP contribution in [0, 0.1) is 0 Å². The van der Waals surface area contributed by atoms with Gasteiger partial charge in [-0.05, 0) is 0 Å². The molecular weight excluding hydrogens is 292 g/mol. The van der Waals surface area contributed by atoms with E-state index in [4.69, 9.17) is 0 Å². The standard InChI is InChI=1S/C10H2N10O2/c21-9-15-3-5(17-9)11-1-13-7(3)19-20-8-4-6(12-2-14-8)18-10(22)16-4/h1-2H. The maximum absolute atomic E-state index is 11.2. The molecule has 4 amide bonds. The summed E-state index contributed by atoms with van der Waals surface area (Å²) in [5.74, 6) is 0.0986. The van der Waals surface area contributed by atoms with Crippen molar-refractivity contribution in [1.82, 2.24) is 19.9 Å². The summed E-state index contributed by atoms with van der Waals surface area (Å²) in [6, 6.07) is -1.37. The van der Waals surface area contributed by atoms with Gasteiger partial charge >= 0.3 is 12.1 Å². The summed E-state index contributed by atoms with van der Waals surface area (Å²) < 4.78 is 0. The van der Waals surface area contributed by atoms with Crippen LogP contribution in [-0.4, -0.2) is 32.0 Å². The van der Waals surface area contributed by atoms with Gasteiger partial charge in [0, 0.05) is 0 Å². The summed E-state index contributed by atoms with van der Waals surface area (Å²) in [6.07, 6.45) is 2.36. The van der Waals surface area contributed by atoms with Crippen molar-refractivity contribution in [2.24, 2.45) is 30.2 Å². The normalized spacial score (nSPS) is 14.9. The zero-order valence-corrected chi connectivity index (χ0v) is 10.4. The third-order valence-corrected chi connectivity index (χ3v) is 2.62. The Morgan fingerprint density at radius 2 is 1.09 bits per heavy atom. The molecule has 0 saturated heterocycles. The Morgan fingerprint density at radius 3 is 1.55 bits per heavy atom. The average Bonchev–Trinajstić information content (AvgIpc) is 3.06. The van der Waals surface area contributed by atoms with E-state index in [1.165, 1.54) is 12.7 Å². The Morgan fingerprint density at radius 1 is 0.636 bits per heavy atom. The average molecular weight is 294 g/mol. The van der Waals surface area contributed by atoms with Crippen LogP contribution in [0.25, 0.3) is 0 Å². The highest BCUT2D eigenvalue weighted by Gasteiger charge is 2.13. The Bertz CT molecular complexity index is 1030. The Hall–Kier alpha value is -3.70. The molecule has 2 aliphatic rings. The van der Waals surface area contributed by atoms with Crippen LogP contribution in [0.5, 0.6) is 0 Å². The predicted molar refractivity (Wildman–Crippen MR) is 63.7 cm³/mol. The maximum atomic E-state index is 11.2. The topological polar surface area (TPSA) is 160 Å². The summed E-state index contributed by atoms with van der Waals surface area (Å²) in [5.41, 5.74) is 0.244. The fourth-order valence-electron chi connectivity index (χ4n) is 1.75. The van der Waals surface area contributed by atoms with Gasteiger partial charge in [0.2, 0.25) is 11.6 Å². The third-order valence-electron chi connectivity index (χ3n) is 2.62. The molecule has 2 aromatic heterocycles. The van der Waals surface area contributed by atoms with Crippen molar-refractivity contribution < 1.29 is 9.59 Å². The van der Waals surface area contributed by atoms with E-state index in [1.54, 1.807) is 0 Å². The lowest BCUT2D eigenvalue weighted by Crippen LogP contribution is -2.27. The van der Waals surface area contributed by atoms with Crippen LogP contribution in [-0.2, 0) is 0 Å². The minimum absolute atomic E-state index is 0.0493. The first-order valence-electron chi connectivity index (χ1n) is 5.77. The molecule has 0 aromatic carbocycles. The van der Waals surface area contributed by atoms with Crippen LogP contribution >= 0.6 is 0 Å². The number of azo groups is 1. The summed E-state index contributed by atoms with van der Waals surface area (Å²) >= 11 is 0. The highest BCUT2D eigenvalue weighted by atomic mass is 16.2. The lowest BCUT2D eigenvalue weighted by molar-refractivity contribution is 0.256. The molecule has 0 N–H and O–H groups in total. The molecule has 22 heavy (non-hydrogen) atoms. The number of hydrogen-bond acceptors (Lipinski definition) is 8. The summed E-state index contributed by atoms with van der Waals surface area (Å²) in [4.78, 5) is 52.1. The number of carbonyl (C=O) groups excluding carboxylic acids is 2. The zero-order valence-electron chi connectivity index (χ0n) is 10.4. The second-order valence-corrected chi connectivity index (χ2v) is 3.95. The summed E-state index contributed by atoms with van der Waals surface area (Å²) in [7, 11) is 0. The molecule has 2 aromatic rings.